The molecule has 0 saturated heterocycles. The fraction of sp³-hybridized carbons (Fsp3) is 0.550. The van der Waals surface area contributed by atoms with Crippen molar-refractivity contribution in [3.63, 3.8) is 0 Å². The van der Waals surface area contributed by atoms with Crippen LogP contribution in [-0.4, -0.2) is 24.0 Å². The molecule has 2 aromatic rings. The minimum Gasteiger partial charge on any atom is -0.361 e. The van der Waals surface area contributed by atoms with E-state index in [1.807, 2.05) is 6.07 Å². The first-order chi connectivity index (χ1) is 11.7. The molecule has 4 nitrogen and oxygen atoms in total. The summed E-state index contributed by atoms with van der Waals surface area (Å²) >= 11 is 0. The molecule has 4 heteroatoms. The molecule has 1 aliphatic carbocycles. The van der Waals surface area contributed by atoms with Gasteiger partial charge in [-0.1, -0.05) is 37.5 Å². The second-order valence-electron chi connectivity index (χ2n) is 7.25. The second-order valence-corrected chi connectivity index (χ2v) is 7.25. The van der Waals surface area contributed by atoms with Crippen LogP contribution in [0.3, 0.4) is 0 Å². The van der Waals surface area contributed by atoms with Gasteiger partial charge in [0.2, 0.25) is 5.91 Å². The normalized spacial score (nSPS) is 17.0. The lowest BCUT2D eigenvalue weighted by molar-refractivity contribution is -0.123. The minimum atomic E-state index is 0.0547. The summed E-state index contributed by atoms with van der Waals surface area (Å²) in [5, 5.41) is 4.38. The number of fused-ring (bicyclic) bond motifs is 1. The Bertz CT molecular complexity index is 670. The number of para-hydroxylation sites is 1. The van der Waals surface area contributed by atoms with Crippen molar-refractivity contribution in [2.75, 3.05) is 13.1 Å². The smallest absolute Gasteiger partial charge is 0.220 e. The van der Waals surface area contributed by atoms with E-state index in [1.54, 1.807) is 0 Å². The van der Waals surface area contributed by atoms with Gasteiger partial charge in [-0.3, -0.25) is 4.79 Å². The maximum atomic E-state index is 12.3. The van der Waals surface area contributed by atoms with Gasteiger partial charge in [-0.15, -0.1) is 0 Å². The van der Waals surface area contributed by atoms with E-state index in [2.05, 4.69) is 34.7 Å². The number of hydrogen-bond acceptors (Lipinski definition) is 2. The predicted octanol–water partition coefficient (Wildman–Crippen LogP) is 3.52. The molecule has 1 aliphatic rings. The van der Waals surface area contributed by atoms with Crippen molar-refractivity contribution in [2.45, 2.75) is 51.4 Å². The molecule has 1 saturated carbocycles. The zero-order chi connectivity index (χ0) is 16.8. The number of aromatic amines is 1. The lowest BCUT2D eigenvalue weighted by atomic mass is 9.71. The van der Waals surface area contributed by atoms with Crippen LogP contribution in [0.1, 0.15) is 50.5 Å². The summed E-state index contributed by atoms with van der Waals surface area (Å²) in [7, 11) is 0. The molecule has 0 aliphatic heterocycles. The van der Waals surface area contributed by atoms with Crippen molar-refractivity contribution in [1.29, 1.82) is 0 Å². The number of hydrogen-bond donors (Lipinski definition) is 3. The van der Waals surface area contributed by atoms with E-state index in [4.69, 9.17) is 5.73 Å². The summed E-state index contributed by atoms with van der Waals surface area (Å²) < 4.78 is 0. The number of carbonyl (C=O) groups excluding carboxylic acids is 1. The summed E-state index contributed by atoms with van der Waals surface area (Å²) in [6, 6.07) is 8.35. The molecule has 1 heterocycles. The van der Waals surface area contributed by atoms with Crippen LogP contribution < -0.4 is 11.1 Å². The van der Waals surface area contributed by atoms with Gasteiger partial charge < -0.3 is 16.0 Å². The van der Waals surface area contributed by atoms with Crippen molar-refractivity contribution in [1.82, 2.24) is 10.3 Å². The number of nitrogens with one attached hydrogen (secondary N) is 2. The Hall–Kier alpha value is -1.81. The Morgan fingerprint density at radius 3 is 2.79 bits per heavy atom. The third-order valence-corrected chi connectivity index (χ3v) is 5.50. The average molecular weight is 327 g/mol. The lowest BCUT2D eigenvalue weighted by Crippen LogP contribution is -2.38. The largest absolute Gasteiger partial charge is 0.361 e. The highest BCUT2D eigenvalue weighted by Crippen LogP contribution is 2.38. The van der Waals surface area contributed by atoms with Crippen LogP contribution >= 0.6 is 0 Å². The van der Waals surface area contributed by atoms with E-state index in [0.717, 1.165) is 32.2 Å². The van der Waals surface area contributed by atoms with Crippen LogP contribution in [0.5, 0.6) is 0 Å². The molecule has 24 heavy (non-hydrogen) atoms. The molecule has 0 radical (unpaired) electrons. The molecule has 0 spiro atoms. The number of nitrogens with two attached hydrogens (primary N) is 1. The quantitative estimate of drug-likeness (QED) is 0.681. The molecule has 0 atom stereocenters. The van der Waals surface area contributed by atoms with Crippen molar-refractivity contribution >= 4 is 16.8 Å². The summed E-state index contributed by atoms with van der Waals surface area (Å²) in [5.41, 5.74) is 8.53. The van der Waals surface area contributed by atoms with Gasteiger partial charge in [0.1, 0.15) is 0 Å². The predicted molar refractivity (Wildman–Crippen MR) is 98.8 cm³/mol. The maximum Gasteiger partial charge on any atom is 0.220 e. The first kappa shape index (κ1) is 17.0. The Morgan fingerprint density at radius 1 is 1.21 bits per heavy atom. The second kappa shape index (κ2) is 7.84. The van der Waals surface area contributed by atoms with Crippen LogP contribution in [0.4, 0.5) is 0 Å². The lowest BCUT2D eigenvalue weighted by Gasteiger charge is -2.35. The van der Waals surface area contributed by atoms with Gasteiger partial charge in [-0.2, -0.15) is 0 Å². The molecule has 1 amide bonds. The third-order valence-electron chi connectivity index (χ3n) is 5.50. The summed E-state index contributed by atoms with van der Waals surface area (Å²) in [6.45, 7) is 1.37. The molecule has 1 fully saturated rings. The van der Waals surface area contributed by atoms with Gasteiger partial charge in [0.05, 0.1) is 0 Å². The Labute approximate surface area is 144 Å². The first-order valence-corrected chi connectivity index (χ1v) is 9.24. The highest BCUT2D eigenvalue weighted by Gasteiger charge is 2.32. The number of amides is 1. The minimum absolute atomic E-state index is 0.0547. The number of aryl methyl sites for hydroxylation is 1. The van der Waals surface area contributed by atoms with Gasteiger partial charge in [-0.05, 0) is 49.3 Å². The van der Waals surface area contributed by atoms with Crippen molar-refractivity contribution in [3.05, 3.63) is 36.0 Å². The zero-order valence-corrected chi connectivity index (χ0v) is 14.4. The number of aromatic nitrogens is 1. The fourth-order valence-electron chi connectivity index (χ4n) is 4.00. The van der Waals surface area contributed by atoms with E-state index in [0.29, 0.717) is 13.0 Å². The van der Waals surface area contributed by atoms with Crippen molar-refractivity contribution in [3.8, 4) is 0 Å². The zero-order valence-electron chi connectivity index (χ0n) is 14.4. The Balaban J connectivity index is 1.43. The highest BCUT2D eigenvalue weighted by atomic mass is 16.1. The molecule has 130 valence electrons. The molecular formula is C20H29N3O. The first-order valence-electron chi connectivity index (χ1n) is 9.24. The number of H-pyrrole nitrogens is 1. The van der Waals surface area contributed by atoms with Gasteiger partial charge in [0.15, 0.2) is 0 Å². The molecule has 4 N–H and O–H groups in total. The standard InChI is InChI=1S/C20H29N3O/c21-15-20(10-4-1-5-11-20)13-19(24)22-12-6-7-16-14-23-18-9-3-2-8-17(16)18/h2-3,8-9,14,23H,1,4-7,10-13,15,21H2,(H,22,24). The van der Waals surface area contributed by atoms with Gasteiger partial charge in [-0.25, -0.2) is 0 Å². The number of carbonyl (C=O) groups is 1. The van der Waals surface area contributed by atoms with Crippen LogP contribution in [-0.2, 0) is 11.2 Å². The van der Waals surface area contributed by atoms with Crippen LogP contribution in [0.2, 0.25) is 0 Å². The molecule has 0 bridgehead atoms. The Kier molecular flexibility index (Phi) is 5.56. The van der Waals surface area contributed by atoms with E-state index in [1.165, 1.54) is 35.7 Å². The van der Waals surface area contributed by atoms with E-state index in [-0.39, 0.29) is 11.3 Å². The molecule has 3 rings (SSSR count). The average Bonchev–Trinajstić information content (AvgIpc) is 3.03. The summed E-state index contributed by atoms with van der Waals surface area (Å²) in [6.07, 6.45) is 10.5. The number of benzene rings is 1. The molecule has 1 aromatic carbocycles. The SMILES string of the molecule is NCC1(CC(=O)NCCCc2c[nH]c3ccccc23)CCCCC1. The monoisotopic (exact) mass is 327 g/mol. The van der Waals surface area contributed by atoms with Crippen molar-refractivity contribution in [2.24, 2.45) is 11.1 Å². The fourth-order valence-corrected chi connectivity index (χ4v) is 4.00. The Morgan fingerprint density at radius 2 is 2.00 bits per heavy atom. The molecular weight excluding hydrogens is 298 g/mol. The maximum absolute atomic E-state index is 12.3. The van der Waals surface area contributed by atoms with Gasteiger partial charge in [0, 0.05) is 30.1 Å². The summed E-state index contributed by atoms with van der Waals surface area (Å²) in [4.78, 5) is 15.6. The van der Waals surface area contributed by atoms with Crippen molar-refractivity contribution < 1.29 is 4.79 Å². The molecule has 1 aromatic heterocycles. The van der Waals surface area contributed by atoms with E-state index in [9.17, 15) is 4.79 Å². The number of rotatable bonds is 7. The third kappa shape index (κ3) is 3.99. The van der Waals surface area contributed by atoms with Gasteiger partial charge >= 0.3 is 0 Å². The van der Waals surface area contributed by atoms with Crippen LogP contribution in [0.15, 0.2) is 30.5 Å². The van der Waals surface area contributed by atoms with Gasteiger partial charge in [0.25, 0.3) is 0 Å². The van der Waals surface area contributed by atoms with E-state index >= 15 is 0 Å². The highest BCUT2D eigenvalue weighted by molar-refractivity contribution is 5.83. The van der Waals surface area contributed by atoms with Crippen LogP contribution in [0, 0.1) is 5.41 Å². The summed E-state index contributed by atoms with van der Waals surface area (Å²) in [5.74, 6) is 0.168. The van der Waals surface area contributed by atoms with E-state index < -0.39 is 0 Å². The molecule has 0 unspecified atom stereocenters. The van der Waals surface area contributed by atoms with Crippen LogP contribution in [0.25, 0.3) is 10.9 Å². The topological polar surface area (TPSA) is 70.9 Å².